The van der Waals surface area contributed by atoms with Gasteiger partial charge >= 0.3 is 6.03 Å². The van der Waals surface area contributed by atoms with Gasteiger partial charge in [0.1, 0.15) is 6.61 Å². The van der Waals surface area contributed by atoms with Gasteiger partial charge in [0.2, 0.25) is 11.8 Å². The highest BCUT2D eigenvalue weighted by atomic mass is 16.5. The molecule has 1 atom stereocenters. The summed E-state index contributed by atoms with van der Waals surface area (Å²) >= 11 is 0. The lowest BCUT2D eigenvalue weighted by Crippen LogP contribution is -2.50. The number of amides is 3. The Kier molecular flexibility index (Phi) is 6.80. The van der Waals surface area contributed by atoms with E-state index in [0.29, 0.717) is 37.9 Å². The highest BCUT2D eigenvalue weighted by Gasteiger charge is 2.24. The number of carbonyl (C=O) groups is 2. The maximum absolute atomic E-state index is 12.3. The van der Waals surface area contributed by atoms with Crippen molar-refractivity contribution in [2.24, 2.45) is 0 Å². The lowest BCUT2D eigenvalue weighted by Gasteiger charge is -2.32. The first-order chi connectivity index (χ1) is 11.6. The molecule has 2 rings (SSSR count). The number of ether oxygens (including phenoxy) is 2. The molecule has 132 valence electrons. The number of carbonyl (C=O) groups excluding carboxylic acids is 2. The van der Waals surface area contributed by atoms with E-state index in [1.165, 1.54) is 6.92 Å². The molecule has 2 N–H and O–H groups in total. The summed E-state index contributed by atoms with van der Waals surface area (Å²) in [4.78, 5) is 29.3. The van der Waals surface area contributed by atoms with Gasteiger partial charge in [0.15, 0.2) is 0 Å². The highest BCUT2D eigenvalue weighted by molar-refractivity contribution is 5.89. The molecule has 0 radical (unpaired) electrons. The van der Waals surface area contributed by atoms with Crippen molar-refractivity contribution in [2.45, 2.75) is 25.8 Å². The van der Waals surface area contributed by atoms with Gasteiger partial charge in [0.25, 0.3) is 0 Å². The lowest BCUT2D eigenvalue weighted by molar-refractivity contribution is -0.119. The minimum Gasteiger partial charge on any atom is -0.475 e. The van der Waals surface area contributed by atoms with E-state index < -0.39 is 0 Å². The fourth-order valence-corrected chi connectivity index (χ4v) is 2.54. The van der Waals surface area contributed by atoms with Crippen LogP contribution in [-0.4, -0.2) is 61.3 Å². The Morgan fingerprint density at radius 2 is 2.21 bits per heavy atom. The average molecular weight is 336 g/mol. The van der Waals surface area contributed by atoms with Crippen LogP contribution in [0.5, 0.6) is 5.88 Å². The average Bonchev–Trinajstić information content (AvgIpc) is 2.56. The number of hydrogen-bond acceptors (Lipinski definition) is 5. The first-order valence-electron chi connectivity index (χ1n) is 7.99. The number of urea groups is 1. The zero-order valence-electron chi connectivity index (χ0n) is 14.1. The summed E-state index contributed by atoms with van der Waals surface area (Å²) in [6.07, 6.45) is 3.30. The largest absolute Gasteiger partial charge is 0.475 e. The molecule has 1 saturated heterocycles. The van der Waals surface area contributed by atoms with Crippen LogP contribution in [0.15, 0.2) is 18.3 Å². The molecule has 2 heterocycles. The molecule has 0 bridgehead atoms. The molecule has 8 nitrogen and oxygen atoms in total. The molecule has 1 aliphatic rings. The summed E-state index contributed by atoms with van der Waals surface area (Å²) in [6.45, 7) is 3.59. The SMILES string of the molecule is COCCOc1ccc(NC(=O)N2CCC[C@H](NC(C)=O)C2)cn1. The smallest absolute Gasteiger partial charge is 0.321 e. The van der Waals surface area contributed by atoms with E-state index >= 15 is 0 Å². The number of likely N-dealkylation sites (tertiary alicyclic amines) is 1. The first kappa shape index (κ1) is 18.0. The predicted molar refractivity (Wildman–Crippen MR) is 89.0 cm³/mol. The Hall–Kier alpha value is -2.35. The molecule has 1 aromatic heterocycles. The van der Waals surface area contributed by atoms with Crippen molar-refractivity contribution in [3.8, 4) is 5.88 Å². The van der Waals surface area contributed by atoms with E-state index in [1.54, 1.807) is 30.3 Å². The van der Waals surface area contributed by atoms with Crippen LogP contribution in [0.4, 0.5) is 10.5 Å². The van der Waals surface area contributed by atoms with Crippen molar-refractivity contribution in [1.29, 1.82) is 0 Å². The van der Waals surface area contributed by atoms with Crippen molar-refractivity contribution in [3.63, 3.8) is 0 Å². The number of anilines is 1. The van der Waals surface area contributed by atoms with Crippen LogP contribution in [0.3, 0.4) is 0 Å². The molecule has 1 aliphatic heterocycles. The molecule has 0 spiro atoms. The first-order valence-corrected chi connectivity index (χ1v) is 7.99. The zero-order chi connectivity index (χ0) is 17.4. The van der Waals surface area contributed by atoms with Crippen molar-refractivity contribution in [3.05, 3.63) is 18.3 Å². The maximum Gasteiger partial charge on any atom is 0.321 e. The second-order valence-corrected chi connectivity index (χ2v) is 5.64. The molecule has 1 aromatic rings. The summed E-state index contributed by atoms with van der Waals surface area (Å²) in [5.74, 6) is 0.407. The molecular weight excluding hydrogens is 312 g/mol. The van der Waals surface area contributed by atoms with Crippen molar-refractivity contribution in [2.75, 3.05) is 38.7 Å². The Bertz CT molecular complexity index is 550. The third-order valence-corrected chi connectivity index (χ3v) is 3.64. The van der Waals surface area contributed by atoms with Crippen LogP contribution in [0.25, 0.3) is 0 Å². The Morgan fingerprint density at radius 1 is 1.38 bits per heavy atom. The second kappa shape index (κ2) is 9.07. The molecule has 0 saturated carbocycles. The normalized spacial score (nSPS) is 17.2. The van der Waals surface area contributed by atoms with E-state index in [1.807, 2.05) is 0 Å². The molecule has 0 aromatic carbocycles. The highest BCUT2D eigenvalue weighted by Crippen LogP contribution is 2.15. The van der Waals surface area contributed by atoms with Gasteiger partial charge in [-0.05, 0) is 18.9 Å². The number of piperidine rings is 1. The van der Waals surface area contributed by atoms with Gasteiger partial charge in [-0.2, -0.15) is 0 Å². The topological polar surface area (TPSA) is 92.8 Å². The number of pyridine rings is 1. The Balaban J connectivity index is 1.83. The number of nitrogens with zero attached hydrogens (tertiary/aromatic N) is 2. The summed E-state index contributed by atoms with van der Waals surface area (Å²) in [5, 5.41) is 5.67. The van der Waals surface area contributed by atoms with Gasteiger partial charge in [0.05, 0.1) is 18.5 Å². The van der Waals surface area contributed by atoms with Crippen molar-refractivity contribution < 1.29 is 19.1 Å². The molecule has 0 unspecified atom stereocenters. The van der Waals surface area contributed by atoms with Gasteiger partial charge in [-0.15, -0.1) is 0 Å². The van der Waals surface area contributed by atoms with Gasteiger partial charge in [-0.1, -0.05) is 0 Å². The Morgan fingerprint density at radius 3 is 2.88 bits per heavy atom. The fourth-order valence-electron chi connectivity index (χ4n) is 2.54. The summed E-state index contributed by atoms with van der Waals surface area (Å²) in [6, 6.07) is 3.25. The number of rotatable bonds is 6. The third-order valence-electron chi connectivity index (χ3n) is 3.64. The molecule has 1 fully saturated rings. The minimum atomic E-state index is -0.195. The second-order valence-electron chi connectivity index (χ2n) is 5.64. The summed E-state index contributed by atoms with van der Waals surface area (Å²) < 4.78 is 10.3. The quantitative estimate of drug-likeness (QED) is 0.763. The van der Waals surface area contributed by atoms with E-state index in [2.05, 4.69) is 15.6 Å². The molecular formula is C16H24N4O4. The molecule has 3 amide bonds. The summed E-state index contributed by atoms with van der Waals surface area (Å²) in [7, 11) is 1.60. The van der Waals surface area contributed by atoms with Gasteiger partial charge in [-0.3, -0.25) is 4.79 Å². The van der Waals surface area contributed by atoms with Gasteiger partial charge in [0, 0.05) is 39.2 Å². The van der Waals surface area contributed by atoms with E-state index in [4.69, 9.17) is 9.47 Å². The van der Waals surface area contributed by atoms with Crippen LogP contribution in [0.2, 0.25) is 0 Å². The number of hydrogen-bond donors (Lipinski definition) is 2. The van der Waals surface area contributed by atoms with Crippen LogP contribution < -0.4 is 15.4 Å². The van der Waals surface area contributed by atoms with Gasteiger partial charge < -0.3 is 25.0 Å². The lowest BCUT2D eigenvalue weighted by atomic mass is 10.1. The van der Waals surface area contributed by atoms with E-state index in [9.17, 15) is 9.59 Å². The van der Waals surface area contributed by atoms with Gasteiger partial charge in [-0.25, -0.2) is 9.78 Å². The van der Waals surface area contributed by atoms with Crippen molar-refractivity contribution >= 4 is 17.6 Å². The predicted octanol–water partition coefficient (Wildman–Crippen LogP) is 1.24. The molecule has 24 heavy (non-hydrogen) atoms. The number of aromatic nitrogens is 1. The van der Waals surface area contributed by atoms with Crippen LogP contribution in [0.1, 0.15) is 19.8 Å². The Labute approximate surface area is 141 Å². The molecule has 8 heteroatoms. The number of methoxy groups -OCH3 is 1. The van der Waals surface area contributed by atoms with Crippen LogP contribution in [0, 0.1) is 0 Å². The standard InChI is InChI=1S/C16H24N4O4/c1-12(21)18-14-4-3-7-20(11-14)16(22)19-13-5-6-15(17-10-13)24-9-8-23-2/h5-6,10,14H,3-4,7-9,11H2,1-2H3,(H,18,21)(H,19,22)/t14-/m0/s1. The monoisotopic (exact) mass is 336 g/mol. The molecule has 0 aliphatic carbocycles. The fraction of sp³-hybridized carbons (Fsp3) is 0.562. The van der Waals surface area contributed by atoms with Crippen LogP contribution >= 0.6 is 0 Å². The van der Waals surface area contributed by atoms with E-state index in [0.717, 1.165) is 12.8 Å². The van der Waals surface area contributed by atoms with Crippen molar-refractivity contribution in [1.82, 2.24) is 15.2 Å². The minimum absolute atomic E-state index is 0.0108. The third kappa shape index (κ3) is 5.69. The number of nitrogens with one attached hydrogen (secondary N) is 2. The summed E-state index contributed by atoms with van der Waals surface area (Å²) in [5.41, 5.74) is 0.598. The zero-order valence-corrected chi connectivity index (χ0v) is 14.1. The van der Waals surface area contributed by atoms with E-state index in [-0.39, 0.29) is 18.0 Å². The maximum atomic E-state index is 12.3. The van der Waals surface area contributed by atoms with Crippen LogP contribution in [-0.2, 0) is 9.53 Å².